The van der Waals surface area contributed by atoms with Crippen molar-refractivity contribution in [3.63, 3.8) is 0 Å². The van der Waals surface area contributed by atoms with Crippen LogP contribution in [0.4, 0.5) is 4.39 Å². The zero-order valence-corrected chi connectivity index (χ0v) is 12.8. The number of carbonyl (C=O) groups excluding carboxylic acids is 1. The van der Waals surface area contributed by atoms with Crippen molar-refractivity contribution in [2.45, 2.75) is 13.1 Å². The Labute approximate surface area is 134 Å². The molecular weight excluding hydrogens is 297 g/mol. The molecule has 0 saturated heterocycles. The number of nitrogens with one attached hydrogen (secondary N) is 1. The molecule has 5 nitrogen and oxygen atoms in total. The van der Waals surface area contributed by atoms with E-state index in [9.17, 15) is 9.18 Å². The van der Waals surface area contributed by atoms with Gasteiger partial charge in [0.05, 0.1) is 13.2 Å². The summed E-state index contributed by atoms with van der Waals surface area (Å²) < 4.78 is 13.5. The smallest absolute Gasteiger partial charge is 0.234 e. The van der Waals surface area contributed by atoms with Gasteiger partial charge in [0.15, 0.2) is 0 Å². The number of aliphatic hydroxyl groups is 1. The molecule has 23 heavy (non-hydrogen) atoms. The van der Waals surface area contributed by atoms with Crippen molar-refractivity contribution >= 4 is 5.91 Å². The normalized spacial score (nSPS) is 10.7. The zero-order chi connectivity index (χ0) is 16.5. The Morgan fingerprint density at radius 2 is 2.09 bits per heavy atom. The summed E-state index contributed by atoms with van der Waals surface area (Å²) in [4.78, 5) is 17.9. The number of pyridine rings is 1. The van der Waals surface area contributed by atoms with Gasteiger partial charge in [0.1, 0.15) is 5.82 Å². The minimum atomic E-state index is -0.338. The highest BCUT2D eigenvalue weighted by molar-refractivity contribution is 5.78. The molecule has 0 bridgehead atoms. The van der Waals surface area contributed by atoms with E-state index in [1.54, 1.807) is 30.6 Å². The Bertz CT molecular complexity index is 622. The highest BCUT2D eigenvalue weighted by Gasteiger charge is 2.11. The van der Waals surface area contributed by atoms with Crippen LogP contribution in [0.15, 0.2) is 48.8 Å². The largest absolute Gasteiger partial charge is 0.395 e. The topological polar surface area (TPSA) is 65.5 Å². The first kappa shape index (κ1) is 17.1. The summed E-state index contributed by atoms with van der Waals surface area (Å²) >= 11 is 0. The van der Waals surface area contributed by atoms with E-state index in [1.165, 1.54) is 6.07 Å². The number of aliphatic hydroxyl groups excluding tert-OH is 1. The van der Waals surface area contributed by atoms with E-state index in [-0.39, 0.29) is 31.4 Å². The van der Waals surface area contributed by atoms with Crippen LogP contribution in [0.5, 0.6) is 0 Å². The fourth-order valence-corrected chi connectivity index (χ4v) is 2.20. The van der Waals surface area contributed by atoms with Crippen LogP contribution >= 0.6 is 0 Å². The number of nitrogens with zero attached hydrogens (tertiary/aromatic N) is 2. The third kappa shape index (κ3) is 5.77. The van der Waals surface area contributed by atoms with Crippen molar-refractivity contribution in [1.29, 1.82) is 0 Å². The molecule has 122 valence electrons. The predicted molar refractivity (Wildman–Crippen MR) is 84.8 cm³/mol. The first-order valence-corrected chi connectivity index (χ1v) is 7.41. The molecule has 0 spiro atoms. The van der Waals surface area contributed by atoms with Crippen molar-refractivity contribution in [2.75, 3.05) is 19.7 Å². The van der Waals surface area contributed by atoms with E-state index in [2.05, 4.69) is 10.3 Å². The molecule has 0 aliphatic carbocycles. The summed E-state index contributed by atoms with van der Waals surface area (Å²) in [6.07, 6.45) is 3.41. The van der Waals surface area contributed by atoms with Crippen LogP contribution in [-0.4, -0.2) is 40.6 Å². The van der Waals surface area contributed by atoms with E-state index in [0.717, 1.165) is 5.56 Å². The molecule has 1 aromatic carbocycles. The van der Waals surface area contributed by atoms with E-state index in [1.807, 2.05) is 17.0 Å². The lowest BCUT2D eigenvalue weighted by atomic mass is 10.2. The molecule has 2 N–H and O–H groups in total. The standard InChI is InChI=1S/C17H20FN3O2/c18-16-6-2-1-5-15(16)11-20-17(23)13-21(8-9-22)12-14-4-3-7-19-10-14/h1-7,10,22H,8-9,11-13H2,(H,20,23). The summed E-state index contributed by atoms with van der Waals surface area (Å²) in [5.41, 5.74) is 1.41. The molecule has 2 rings (SSSR count). The van der Waals surface area contributed by atoms with Crippen LogP contribution in [-0.2, 0) is 17.9 Å². The molecule has 0 unspecified atom stereocenters. The van der Waals surface area contributed by atoms with Gasteiger partial charge in [-0.15, -0.1) is 0 Å². The Morgan fingerprint density at radius 1 is 1.26 bits per heavy atom. The van der Waals surface area contributed by atoms with E-state index in [4.69, 9.17) is 5.11 Å². The Kier molecular flexibility index (Phi) is 6.65. The molecule has 1 amide bonds. The van der Waals surface area contributed by atoms with Crippen molar-refractivity contribution in [1.82, 2.24) is 15.2 Å². The third-order valence-electron chi connectivity index (χ3n) is 3.35. The van der Waals surface area contributed by atoms with Gasteiger partial charge in [-0.05, 0) is 17.7 Å². The zero-order valence-electron chi connectivity index (χ0n) is 12.8. The van der Waals surface area contributed by atoms with Gasteiger partial charge >= 0.3 is 0 Å². The Morgan fingerprint density at radius 3 is 2.78 bits per heavy atom. The average molecular weight is 317 g/mol. The molecule has 1 aromatic heterocycles. The Hall–Kier alpha value is -2.31. The first-order valence-electron chi connectivity index (χ1n) is 7.41. The lowest BCUT2D eigenvalue weighted by Gasteiger charge is -2.20. The number of aromatic nitrogens is 1. The van der Waals surface area contributed by atoms with Crippen LogP contribution < -0.4 is 5.32 Å². The van der Waals surface area contributed by atoms with Gasteiger partial charge in [0.25, 0.3) is 0 Å². The molecule has 0 aliphatic heterocycles. The Balaban J connectivity index is 1.86. The van der Waals surface area contributed by atoms with Crippen LogP contribution in [0.3, 0.4) is 0 Å². The lowest BCUT2D eigenvalue weighted by molar-refractivity contribution is -0.122. The average Bonchev–Trinajstić information content (AvgIpc) is 2.55. The monoisotopic (exact) mass is 317 g/mol. The number of rotatable bonds is 8. The maximum absolute atomic E-state index is 13.5. The van der Waals surface area contributed by atoms with Gasteiger partial charge in [-0.25, -0.2) is 4.39 Å². The van der Waals surface area contributed by atoms with Gasteiger partial charge < -0.3 is 10.4 Å². The highest BCUT2D eigenvalue weighted by Crippen LogP contribution is 2.06. The number of hydrogen-bond donors (Lipinski definition) is 2. The van der Waals surface area contributed by atoms with E-state index < -0.39 is 0 Å². The van der Waals surface area contributed by atoms with Gasteiger partial charge in [-0.3, -0.25) is 14.7 Å². The fraction of sp³-hybridized carbons (Fsp3) is 0.294. The minimum Gasteiger partial charge on any atom is -0.395 e. The predicted octanol–water partition coefficient (Wildman–Crippen LogP) is 1.33. The summed E-state index contributed by atoms with van der Waals surface area (Å²) in [6, 6.07) is 10.1. The lowest BCUT2D eigenvalue weighted by Crippen LogP contribution is -2.38. The van der Waals surface area contributed by atoms with Crippen LogP contribution in [0.2, 0.25) is 0 Å². The molecular formula is C17H20FN3O2. The number of halogens is 1. The number of hydrogen-bond acceptors (Lipinski definition) is 4. The fourth-order valence-electron chi connectivity index (χ4n) is 2.20. The highest BCUT2D eigenvalue weighted by atomic mass is 19.1. The first-order chi connectivity index (χ1) is 11.2. The van der Waals surface area contributed by atoms with Gasteiger partial charge in [-0.1, -0.05) is 24.3 Å². The van der Waals surface area contributed by atoms with E-state index >= 15 is 0 Å². The summed E-state index contributed by atoms with van der Waals surface area (Å²) in [7, 11) is 0. The molecule has 1 heterocycles. The van der Waals surface area contributed by atoms with Crippen molar-refractivity contribution in [3.8, 4) is 0 Å². The maximum Gasteiger partial charge on any atom is 0.234 e. The van der Waals surface area contributed by atoms with Gasteiger partial charge in [-0.2, -0.15) is 0 Å². The molecule has 0 saturated carbocycles. The van der Waals surface area contributed by atoms with Crippen LogP contribution in [0.1, 0.15) is 11.1 Å². The second kappa shape index (κ2) is 8.97. The summed E-state index contributed by atoms with van der Waals surface area (Å²) in [6.45, 7) is 1.12. The second-order valence-corrected chi connectivity index (χ2v) is 5.16. The molecule has 2 aromatic rings. The molecule has 0 fully saturated rings. The summed E-state index contributed by atoms with van der Waals surface area (Å²) in [5, 5.41) is 11.8. The third-order valence-corrected chi connectivity index (χ3v) is 3.35. The number of amides is 1. The molecule has 0 atom stereocenters. The number of benzene rings is 1. The summed E-state index contributed by atoms with van der Waals surface area (Å²) in [5.74, 6) is -0.555. The number of carbonyl (C=O) groups is 1. The van der Waals surface area contributed by atoms with Crippen LogP contribution in [0.25, 0.3) is 0 Å². The van der Waals surface area contributed by atoms with Gasteiger partial charge in [0, 0.05) is 37.6 Å². The maximum atomic E-state index is 13.5. The SMILES string of the molecule is O=C(CN(CCO)Cc1cccnc1)NCc1ccccc1F. The second-order valence-electron chi connectivity index (χ2n) is 5.16. The van der Waals surface area contributed by atoms with Gasteiger partial charge in [0.2, 0.25) is 5.91 Å². The van der Waals surface area contributed by atoms with E-state index in [0.29, 0.717) is 18.7 Å². The molecule has 0 radical (unpaired) electrons. The van der Waals surface area contributed by atoms with Crippen LogP contribution in [0, 0.1) is 5.82 Å². The molecule has 0 aliphatic rings. The minimum absolute atomic E-state index is 0.0408. The quantitative estimate of drug-likeness (QED) is 0.771. The van der Waals surface area contributed by atoms with Crippen molar-refractivity contribution < 1.29 is 14.3 Å². The van der Waals surface area contributed by atoms with Crippen molar-refractivity contribution in [3.05, 3.63) is 65.7 Å². The molecule has 6 heteroatoms. The van der Waals surface area contributed by atoms with Crippen molar-refractivity contribution in [2.24, 2.45) is 0 Å².